The summed E-state index contributed by atoms with van der Waals surface area (Å²) in [6.07, 6.45) is 10.5. The average molecular weight is 246 g/mol. The van der Waals surface area contributed by atoms with Gasteiger partial charge in [-0.2, -0.15) is 0 Å². The first kappa shape index (κ1) is 14.9. The summed E-state index contributed by atoms with van der Waals surface area (Å²) in [7, 11) is 0. The van der Waals surface area contributed by atoms with Crippen LogP contribution in [0.3, 0.4) is 0 Å². The summed E-state index contributed by atoms with van der Waals surface area (Å²) in [5.74, 6) is 0.277. The van der Waals surface area contributed by atoms with E-state index in [4.69, 9.17) is 0 Å². The van der Waals surface area contributed by atoms with Crippen LogP contribution in [-0.2, 0) is 4.79 Å². The Balaban J connectivity index is 2.92. The van der Waals surface area contributed by atoms with Gasteiger partial charge in [0.2, 0.25) is 0 Å². The third kappa shape index (κ3) is 4.64. The summed E-state index contributed by atoms with van der Waals surface area (Å²) in [6.45, 7) is 12.4. The first-order valence-electron chi connectivity index (χ1n) is 6.83. The van der Waals surface area contributed by atoms with Gasteiger partial charge in [-0.1, -0.05) is 49.8 Å². The molecule has 0 spiro atoms. The van der Waals surface area contributed by atoms with Gasteiger partial charge in [-0.05, 0) is 44.9 Å². The minimum atomic E-state index is 0.0270. The lowest BCUT2D eigenvalue weighted by Gasteiger charge is -2.18. The highest BCUT2D eigenvalue weighted by Gasteiger charge is 2.19. The molecule has 1 heteroatoms. The van der Waals surface area contributed by atoms with Crippen molar-refractivity contribution in [3.63, 3.8) is 0 Å². The van der Waals surface area contributed by atoms with E-state index in [0.717, 1.165) is 31.3 Å². The van der Waals surface area contributed by atoms with Crippen molar-refractivity contribution in [2.24, 2.45) is 11.3 Å². The van der Waals surface area contributed by atoms with Gasteiger partial charge in [-0.25, -0.2) is 0 Å². The molecule has 0 saturated heterocycles. The molecule has 0 aromatic heterocycles. The standard InChI is InChI=1S/C17H26O/c1-13-8-9-16(15(3)18)14(2)7-6-11-17(4,5)12-10-13/h6,10-11,16H,2,7-9,12H2,1,3-5H3/b11-6+,13-10+. The van der Waals surface area contributed by atoms with Gasteiger partial charge in [-0.15, -0.1) is 0 Å². The number of hydrogen-bond acceptors (Lipinski definition) is 1. The third-order valence-corrected chi connectivity index (χ3v) is 3.74. The highest BCUT2D eigenvalue weighted by molar-refractivity contribution is 5.81. The molecule has 1 nitrogen and oxygen atoms in total. The zero-order valence-corrected chi connectivity index (χ0v) is 12.3. The molecule has 0 bridgehead atoms. The Labute approximate surface area is 112 Å². The molecule has 18 heavy (non-hydrogen) atoms. The molecule has 0 fully saturated rings. The van der Waals surface area contributed by atoms with Crippen molar-refractivity contribution in [2.45, 2.75) is 53.4 Å². The van der Waals surface area contributed by atoms with E-state index in [1.54, 1.807) is 6.92 Å². The maximum atomic E-state index is 11.7. The van der Waals surface area contributed by atoms with Crippen LogP contribution in [-0.4, -0.2) is 5.78 Å². The van der Waals surface area contributed by atoms with Crippen molar-refractivity contribution in [1.29, 1.82) is 0 Å². The molecule has 0 aliphatic heterocycles. The van der Waals surface area contributed by atoms with E-state index in [1.807, 2.05) is 0 Å². The minimum absolute atomic E-state index is 0.0270. The zero-order chi connectivity index (χ0) is 13.8. The fourth-order valence-electron chi connectivity index (χ4n) is 2.35. The van der Waals surface area contributed by atoms with E-state index in [-0.39, 0.29) is 17.1 Å². The molecule has 0 saturated carbocycles. The Kier molecular flexibility index (Phi) is 5.13. The smallest absolute Gasteiger partial charge is 0.136 e. The zero-order valence-electron chi connectivity index (χ0n) is 12.3. The van der Waals surface area contributed by atoms with Crippen LogP contribution in [0.2, 0.25) is 0 Å². The summed E-state index contributed by atoms with van der Waals surface area (Å²) in [6, 6.07) is 0. The molecule has 0 aromatic carbocycles. The van der Waals surface area contributed by atoms with Crippen LogP contribution < -0.4 is 0 Å². The van der Waals surface area contributed by atoms with E-state index in [9.17, 15) is 4.79 Å². The molecule has 1 aliphatic carbocycles. The Morgan fingerprint density at radius 2 is 2.11 bits per heavy atom. The number of hydrogen-bond donors (Lipinski definition) is 0. The van der Waals surface area contributed by atoms with Gasteiger partial charge < -0.3 is 0 Å². The first-order chi connectivity index (χ1) is 8.32. The Morgan fingerprint density at radius 3 is 2.72 bits per heavy atom. The second-order valence-electron chi connectivity index (χ2n) is 6.21. The number of rotatable bonds is 1. The van der Waals surface area contributed by atoms with Crippen LogP contribution in [0.4, 0.5) is 0 Å². The summed E-state index contributed by atoms with van der Waals surface area (Å²) in [4.78, 5) is 11.7. The predicted molar refractivity (Wildman–Crippen MR) is 78.5 cm³/mol. The van der Waals surface area contributed by atoms with Crippen LogP contribution >= 0.6 is 0 Å². The molecule has 100 valence electrons. The molecule has 0 aromatic rings. The van der Waals surface area contributed by atoms with E-state index >= 15 is 0 Å². The largest absolute Gasteiger partial charge is 0.299 e. The number of ketones is 1. The molecular formula is C17H26O. The van der Waals surface area contributed by atoms with Crippen molar-refractivity contribution in [1.82, 2.24) is 0 Å². The molecule has 1 rings (SSSR count). The normalized spacial score (nSPS) is 29.9. The minimum Gasteiger partial charge on any atom is -0.299 e. The maximum absolute atomic E-state index is 11.7. The van der Waals surface area contributed by atoms with Crippen molar-refractivity contribution in [3.05, 3.63) is 36.0 Å². The molecular weight excluding hydrogens is 220 g/mol. The quantitative estimate of drug-likeness (QED) is 0.604. The summed E-state index contributed by atoms with van der Waals surface area (Å²) >= 11 is 0. The van der Waals surface area contributed by atoms with E-state index < -0.39 is 0 Å². The molecule has 1 unspecified atom stereocenters. The Morgan fingerprint density at radius 1 is 1.44 bits per heavy atom. The van der Waals surface area contributed by atoms with E-state index in [2.05, 4.69) is 45.6 Å². The lowest BCUT2D eigenvalue weighted by Crippen LogP contribution is -2.13. The van der Waals surface area contributed by atoms with Crippen LogP contribution in [0.5, 0.6) is 0 Å². The van der Waals surface area contributed by atoms with Crippen LogP contribution in [0.25, 0.3) is 0 Å². The molecule has 1 aliphatic rings. The highest BCUT2D eigenvalue weighted by atomic mass is 16.1. The summed E-state index contributed by atoms with van der Waals surface area (Å²) in [5, 5.41) is 0. The second kappa shape index (κ2) is 6.17. The van der Waals surface area contributed by atoms with Gasteiger partial charge in [0, 0.05) is 5.92 Å². The van der Waals surface area contributed by atoms with Gasteiger partial charge in [-0.3, -0.25) is 4.79 Å². The lowest BCUT2D eigenvalue weighted by atomic mass is 9.87. The van der Waals surface area contributed by atoms with Gasteiger partial charge in [0.15, 0.2) is 0 Å². The lowest BCUT2D eigenvalue weighted by molar-refractivity contribution is -0.119. The number of carbonyl (C=O) groups excluding carboxylic acids is 1. The molecule has 0 N–H and O–H groups in total. The van der Waals surface area contributed by atoms with Gasteiger partial charge in [0.1, 0.15) is 5.78 Å². The van der Waals surface area contributed by atoms with Gasteiger partial charge >= 0.3 is 0 Å². The van der Waals surface area contributed by atoms with E-state index in [1.165, 1.54) is 5.57 Å². The summed E-state index contributed by atoms with van der Waals surface area (Å²) < 4.78 is 0. The van der Waals surface area contributed by atoms with Gasteiger partial charge in [0.25, 0.3) is 0 Å². The first-order valence-corrected chi connectivity index (χ1v) is 6.83. The molecule has 1 atom stereocenters. The fourth-order valence-corrected chi connectivity index (χ4v) is 2.35. The van der Waals surface area contributed by atoms with Crippen LogP contribution in [0.1, 0.15) is 53.4 Å². The van der Waals surface area contributed by atoms with E-state index in [0.29, 0.717) is 0 Å². The molecule has 0 heterocycles. The highest BCUT2D eigenvalue weighted by Crippen LogP contribution is 2.29. The average Bonchev–Trinajstić information content (AvgIpc) is 2.27. The monoisotopic (exact) mass is 246 g/mol. The van der Waals surface area contributed by atoms with Crippen molar-refractivity contribution < 1.29 is 4.79 Å². The van der Waals surface area contributed by atoms with Crippen molar-refractivity contribution >= 4 is 5.78 Å². The second-order valence-corrected chi connectivity index (χ2v) is 6.21. The topological polar surface area (TPSA) is 17.1 Å². The SMILES string of the molecule is C=C1C/C=C/C(C)(C)C/C=C(\C)CCC1C(C)=O. The maximum Gasteiger partial charge on any atom is 0.136 e. The molecule has 0 radical (unpaired) electrons. The summed E-state index contributed by atoms with van der Waals surface area (Å²) in [5.41, 5.74) is 2.64. The van der Waals surface area contributed by atoms with Crippen molar-refractivity contribution in [2.75, 3.05) is 0 Å². The predicted octanol–water partition coefficient (Wildman–Crippen LogP) is 4.85. The number of allylic oxidation sites excluding steroid dienone is 5. The van der Waals surface area contributed by atoms with Crippen LogP contribution in [0.15, 0.2) is 36.0 Å². The Bertz CT molecular complexity index is 382. The van der Waals surface area contributed by atoms with Gasteiger partial charge in [0.05, 0.1) is 0 Å². The fraction of sp³-hybridized carbons (Fsp3) is 0.588. The molecule has 0 amide bonds. The number of carbonyl (C=O) groups is 1. The Hall–Kier alpha value is -1.11. The third-order valence-electron chi connectivity index (χ3n) is 3.74. The van der Waals surface area contributed by atoms with Crippen molar-refractivity contribution in [3.8, 4) is 0 Å². The number of Topliss-reactive ketones (excluding diaryl/α,β-unsaturated/α-hetero) is 1. The van der Waals surface area contributed by atoms with Crippen LogP contribution in [0, 0.1) is 11.3 Å².